The number of nitrogens with one attached hydrogen (secondary N) is 2. The van der Waals surface area contributed by atoms with Crippen LogP contribution in [0.3, 0.4) is 0 Å². The summed E-state index contributed by atoms with van der Waals surface area (Å²) < 4.78 is 32.7. The molecule has 0 fully saturated rings. The summed E-state index contributed by atoms with van der Waals surface area (Å²) in [5, 5.41) is 2.81. The first-order chi connectivity index (χ1) is 12.0. The number of sulfonamides is 1. The highest BCUT2D eigenvalue weighted by Crippen LogP contribution is 2.34. The van der Waals surface area contributed by atoms with Gasteiger partial charge < -0.3 is 9.73 Å². The largest absolute Gasteiger partial charge is 0.469 e. The lowest BCUT2D eigenvalue weighted by Crippen LogP contribution is -2.25. The molecule has 1 aliphatic rings. The lowest BCUT2D eigenvalue weighted by molar-refractivity contribution is -0.118. The number of hydrogen-bond acceptors (Lipinski definition) is 5. The van der Waals surface area contributed by atoms with Crippen LogP contribution in [-0.2, 0) is 21.2 Å². The number of carbonyl (C=O) groups is 1. The highest BCUT2D eigenvalue weighted by atomic mass is 32.2. The fourth-order valence-corrected chi connectivity index (χ4v) is 4.56. The molecule has 1 unspecified atom stereocenters. The third-order valence-corrected chi connectivity index (χ3v) is 6.72. The molecule has 0 saturated carbocycles. The van der Waals surface area contributed by atoms with Gasteiger partial charge in [0.1, 0.15) is 5.76 Å². The van der Waals surface area contributed by atoms with Crippen LogP contribution in [0, 0.1) is 5.92 Å². The van der Waals surface area contributed by atoms with E-state index in [1.165, 1.54) is 6.07 Å². The van der Waals surface area contributed by atoms with Crippen LogP contribution in [-0.4, -0.2) is 26.6 Å². The van der Waals surface area contributed by atoms with Crippen molar-refractivity contribution in [2.45, 2.75) is 29.6 Å². The van der Waals surface area contributed by atoms with Crippen LogP contribution in [0.2, 0.25) is 0 Å². The zero-order valence-electron chi connectivity index (χ0n) is 13.8. The van der Waals surface area contributed by atoms with E-state index >= 15 is 0 Å². The molecule has 6 nitrogen and oxygen atoms in total. The molecular formula is C17H20N2O4S2. The van der Waals surface area contributed by atoms with Gasteiger partial charge in [-0.2, -0.15) is 0 Å². The van der Waals surface area contributed by atoms with E-state index < -0.39 is 10.0 Å². The summed E-state index contributed by atoms with van der Waals surface area (Å²) in [7, 11) is -3.62. The number of benzene rings is 1. The Balaban J connectivity index is 1.66. The summed E-state index contributed by atoms with van der Waals surface area (Å²) in [6.07, 6.45) is 2.91. The molecule has 1 aromatic carbocycles. The summed E-state index contributed by atoms with van der Waals surface area (Å²) in [4.78, 5) is 13.0. The summed E-state index contributed by atoms with van der Waals surface area (Å²) in [6.45, 7) is 2.17. The second-order valence-electron chi connectivity index (χ2n) is 5.94. The maximum absolute atomic E-state index is 12.5. The number of aryl methyl sites for hydroxylation is 1. The highest BCUT2D eigenvalue weighted by molar-refractivity contribution is 7.99. The standard InChI is InChI=1S/C17H20N2O4S2/c1-12-11-24-16-7-6-14(10-15(16)19-17(12)20)25(21,22)18-8-2-4-13-5-3-9-23-13/h3,5-7,9-10,12,18H,2,4,8,11H2,1H3,(H,19,20). The monoisotopic (exact) mass is 380 g/mol. The van der Waals surface area contributed by atoms with Crippen LogP contribution in [0.1, 0.15) is 19.1 Å². The average Bonchev–Trinajstić information content (AvgIpc) is 3.05. The zero-order chi connectivity index (χ0) is 17.9. The third-order valence-electron chi connectivity index (χ3n) is 3.93. The van der Waals surface area contributed by atoms with Gasteiger partial charge in [0.05, 0.1) is 16.8 Å². The van der Waals surface area contributed by atoms with Gasteiger partial charge in [0.25, 0.3) is 0 Å². The fraction of sp³-hybridized carbons (Fsp3) is 0.353. The van der Waals surface area contributed by atoms with Gasteiger partial charge in [-0.3, -0.25) is 4.79 Å². The van der Waals surface area contributed by atoms with Crippen molar-refractivity contribution in [2.75, 3.05) is 17.6 Å². The Morgan fingerprint density at radius 2 is 2.20 bits per heavy atom. The minimum absolute atomic E-state index is 0.0906. The molecule has 1 aliphatic heterocycles. The zero-order valence-corrected chi connectivity index (χ0v) is 15.5. The lowest BCUT2D eigenvalue weighted by Gasteiger charge is -2.11. The molecule has 2 aromatic rings. The molecule has 2 heterocycles. The van der Waals surface area contributed by atoms with Crippen molar-refractivity contribution < 1.29 is 17.6 Å². The lowest BCUT2D eigenvalue weighted by atomic mass is 10.2. The number of thioether (sulfide) groups is 1. The van der Waals surface area contributed by atoms with E-state index in [9.17, 15) is 13.2 Å². The van der Waals surface area contributed by atoms with E-state index in [2.05, 4.69) is 10.0 Å². The number of rotatable bonds is 6. The minimum Gasteiger partial charge on any atom is -0.469 e. The van der Waals surface area contributed by atoms with Crippen molar-refractivity contribution in [3.63, 3.8) is 0 Å². The molecule has 0 bridgehead atoms. The quantitative estimate of drug-likeness (QED) is 0.753. The second kappa shape index (κ2) is 7.63. The van der Waals surface area contributed by atoms with Crippen molar-refractivity contribution in [1.29, 1.82) is 0 Å². The van der Waals surface area contributed by atoms with E-state index in [1.54, 1.807) is 30.2 Å². The van der Waals surface area contributed by atoms with Crippen molar-refractivity contribution in [1.82, 2.24) is 4.72 Å². The van der Waals surface area contributed by atoms with E-state index in [1.807, 2.05) is 19.1 Å². The minimum atomic E-state index is -3.62. The van der Waals surface area contributed by atoms with Gasteiger partial charge >= 0.3 is 0 Å². The maximum Gasteiger partial charge on any atom is 0.240 e. The molecule has 1 aromatic heterocycles. The molecular weight excluding hydrogens is 360 g/mol. The predicted octanol–water partition coefficient (Wildman–Crippen LogP) is 2.87. The number of furan rings is 1. The Morgan fingerprint density at radius 3 is 2.96 bits per heavy atom. The van der Waals surface area contributed by atoms with Crippen LogP contribution in [0.25, 0.3) is 0 Å². The number of hydrogen-bond donors (Lipinski definition) is 2. The van der Waals surface area contributed by atoms with Crippen molar-refractivity contribution >= 4 is 33.4 Å². The Kier molecular flexibility index (Phi) is 5.51. The predicted molar refractivity (Wildman–Crippen MR) is 97.2 cm³/mol. The molecule has 1 amide bonds. The summed E-state index contributed by atoms with van der Waals surface area (Å²) in [5.41, 5.74) is 0.554. The normalized spacial score (nSPS) is 17.6. The Morgan fingerprint density at radius 1 is 1.36 bits per heavy atom. The van der Waals surface area contributed by atoms with Gasteiger partial charge in [0.15, 0.2) is 0 Å². The van der Waals surface area contributed by atoms with Crippen molar-refractivity contribution in [2.24, 2.45) is 5.92 Å². The summed E-state index contributed by atoms with van der Waals surface area (Å²) >= 11 is 1.55. The van der Waals surface area contributed by atoms with Crippen LogP contribution in [0.4, 0.5) is 5.69 Å². The van der Waals surface area contributed by atoms with Gasteiger partial charge in [0, 0.05) is 29.5 Å². The summed E-state index contributed by atoms with van der Waals surface area (Å²) in [6, 6.07) is 8.51. The van der Waals surface area contributed by atoms with Gasteiger partial charge in [-0.05, 0) is 36.8 Å². The highest BCUT2D eigenvalue weighted by Gasteiger charge is 2.22. The molecule has 0 spiro atoms. The van der Waals surface area contributed by atoms with Crippen molar-refractivity contribution in [3.05, 3.63) is 42.4 Å². The number of anilines is 1. The molecule has 0 saturated heterocycles. The van der Waals surface area contributed by atoms with Gasteiger partial charge in [0.2, 0.25) is 15.9 Å². The Labute approximate surface area is 151 Å². The van der Waals surface area contributed by atoms with Crippen LogP contribution in [0.15, 0.2) is 50.8 Å². The topological polar surface area (TPSA) is 88.4 Å². The molecule has 2 N–H and O–H groups in total. The number of amides is 1. The molecule has 0 aliphatic carbocycles. The first-order valence-electron chi connectivity index (χ1n) is 8.05. The van der Waals surface area contributed by atoms with Crippen molar-refractivity contribution in [3.8, 4) is 0 Å². The van der Waals surface area contributed by atoms with E-state index in [0.29, 0.717) is 30.8 Å². The van der Waals surface area contributed by atoms with Gasteiger partial charge in [-0.15, -0.1) is 11.8 Å². The molecule has 25 heavy (non-hydrogen) atoms. The Bertz CT molecular complexity index is 848. The third kappa shape index (κ3) is 4.45. The second-order valence-corrected chi connectivity index (χ2v) is 8.77. The maximum atomic E-state index is 12.5. The number of carbonyl (C=O) groups excluding carboxylic acids is 1. The summed E-state index contributed by atoms with van der Waals surface area (Å²) in [5.74, 6) is 1.30. The smallest absolute Gasteiger partial charge is 0.240 e. The van der Waals surface area contributed by atoms with E-state index in [4.69, 9.17) is 4.42 Å². The van der Waals surface area contributed by atoms with Crippen LogP contribution in [0.5, 0.6) is 0 Å². The molecule has 8 heteroatoms. The van der Waals surface area contributed by atoms with Gasteiger partial charge in [-0.25, -0.2) is 13.1 Å². The van der Waals surface area contributed by atoms with Crippen LogP contribution >= 0.6 is 11.8 Å². The van der Waals surface area contributed by atoms with E-state index in [-0.39, 0.29) is 16.7 Å². The molecule has 3 rings (SSSR count). The first-order valence-corrected chi connectivity index (χ1v) is 10.5. The number of fused-ring (bicyclic) bond motifs is 1. The van der Waals surface area contributed by atoms with Crippen LogP contribution < -0.4 is 10.0 Å². The Hall–Kier alpha value is -1.77. The molecule has 0 radical (unpaired) electrons. The SMILES string of the molecule is CC1CSc2ccc(S(=O)(=O)NCCCc3ccco3)cc2NC1=O. The molecule has 1 atom stereocenters. The fourth-order valence-electron chi connectivity index (χ4n) is 2.45. The first kappa shape index (κ1) is 18.0. The average molecular weight is 380 g/mol. The molecule has 134 valence electrons. The van der Waals surface area contributed by atoms with Gasteiger partial charge in [-0.1, -0.05) is 6.92 Å². The van der Waals surface area contributed by atoms with E-state index in [0.717, 1.165) is 10.7 Å².